The molecule has 1 amide bonds. The summed E-state index contributed by atoms with van der Waals surface area (Å²) >= 11 is 8.93. The van der Waals surface area contributed by atoms with Crippen LogP contribution in [0.1, 0.15) is 10.9 Å². The van der Waals surface area contributed by atoms with Gasteiger partial charge in [-0.15, -0.1) is 22.0 Å². The quantitative estimate of drug-likeness (QED) is 0.855. The molecule has 1 aromatic carbocycles. The van der Waals surface area contributed by atoms with Crippen LogP contribution in [0.2, 0.25) is 5.02 Å². The molecule has 2 aromatic rings. The number of benzene rings is 1. The van der Waals surface area contributed by atoms with Crippen molar-refractivity contribution in [1.29, 1.82) is 0 Å². The third-order valence-electron chi connectivity index (χ3n) is 2.56. The summed E-state index contributed by atoms with van der Waals surface area (Å²) in [4.78, 5) is 13.6. The van der Waals surface area contributed by atoms with Crippen molar-refractivity contribution in [3.8, 4) is 0 Å². The number of carbonyl (C=O) groups excluding carboxylic acids is 1. The Bertz CT molecular complexity index is 575. The third kappa shape index (κ3) is 2.11. The van der Waals surface area contributed by atoms with Gasteiger partial charge in [0, 0.05) is 5.02 Å². The van der Waals surface area contributed by atoms with Gasteiger partial charge in [-0.2, -0.15) is 0 Å². The van der Waals surface area contributed by atoms with Crippen LogP contribution in [0.4, 0.5) is 5.13 Å². The molecule has 0 bridgehead atoms. The van der Waals surface area contributed by atoms with Crippen molar-refractivity contribution < 1.29 is 4.79 Å². The molecule has 1 fully saturated rings. The van der Waals surface area contributed by atoms with E-state index in [1.54, 1.807) is 22.2 Å². The van der Waals surface area contributed by atoms with E-state index in [9.17, 15) is 4.79 Å². The SMILES string of the molecule is O=C1CSC(c2cccc(Cl)c2)N1c1nncs1. The highest BCUT2D eigenvalue weighted by molar-refractivity contribution is 8.00. The summed E-state index contributed by atoms with van der Waals surface area (Å²) in [6, 6.07) is 7.56. The first-order valence-electron chi connectivity index (χ1n) is 5.21. The second-order valence-electron chi connectivity index (χ2n) is 3.70. The van der Waals surface area contributed by atoms with Crippen LogP contribution in [0.15, 0.2) is 29.8 Å². The largest absolute Gasteiger partial charge is 0.273 e. The first-order chi connectivity index (χ1) is 8.75. The van der Waals surface area contributed by atoms with E-state index in [0.717, 1.165) is 5.56 Å². The molecule has 3 rings (SSSR count). The molecule has 18 heavy (non-hydrogen) atoms. The molecule has 92 valence electrons. The van der Waals surface area contributed by atoms with Crippen molar-refractivity contribution in [2.75, 3.05) is 10.7 Å². The molecular formula is C11H8ClN3OS2. The Morgan fingerprint density at radius 3 is 3.06 bits per heavy atom. The lowest BCUT2D eigenvalue weighted by Gasteiger charge is -2.20. The fourth-order valence-electron chi connectivity index (χ4n) is 1.81. The van der Waals surface area contributed by atoms with E-state index in [0.29, 0.717) is 15.9 Å². The molecule has 1 saturated heterocycles. The Hall–Kier alpha value is -1.11. The Kier molecular flexibility index (Phi) is 3.23. The minimum absolute atomic E-state index is 0.0572. The van der Waals surface area contributed by atoms with Gasteiger partial charge in [-0.25, -0.2) is 0 Å². The fraction of sp³-hybridized carbons (Fsp3) is 0.182. The molecule has 0 aliphatic carbocycles. The van der Waals surface area contributed by atoms with Crippen LogP contribution >= 0.6 is 34.7 Å². The van der Waals surface area contributed by atoms with Crippen LogP contribution in [-0.4, -0.2) is 21.9 Å². The zero-order chi connectivity index (χ0) is 12.5. The van der Waals surface area contributed by atoms with Gasteiger partial charge in [-0.1, -0.05) is 35.1 Å². The van der Waals surface area contributed by atoms with Crippen LogP contribution in [0.3, 0.4) is 0 Å². The number of amides is 1. The first-order valence-corrected chi connectivity index (χ1v) is 7.51. The maximum Gasteiger partial charge on any atom is 0.240 e. The van der Waals surface area contributed by atoms with Crippen molar-refractivity contribution in [1.82, 2.24) is 10.2 Å². The number of anilines is 1. The highest BCUT2D eigenvalue weighted by Crippen LogP contribution is 2.42. The molecule has 0 radical (unpaired) electrons. The predicted molar refractivity (Wildman–Crippen MR) is 74.0 cm³/mol. The Balaban J connectivity index is 1.99. The molecule has 1 aliphatic heterocycles. The average Bonchev–Trinajstić information content (AvgIpc) is 2.97. The van der Waals surface area contributed by atoms with Crippen LogP contribution in [0.5, 0.6) is 0 Å². The van der Waals surface area contributed by atoms with E-state index >= 15 is 0 Å². The zero-order valence-corrected chi connectivity index (χ0v) is 11.5. The fourth-order valence-corrected chi connectivity index (χ4v) is 3.82. The molecule has 1 aromatic heterocycles. The number of hydrogen-bond donors (Lipinski definition) is 0. The van der Waals surface area contributed by atoms with Gasteiger partial charge in [0.05, 0.1) is 5.75 Å². The lowest BCUT2D eigenvalue weighted by Crippen LogP contribution is -2.27. The Labute approximate surface area is 117 Å². The summed E-state index contributed by atoms with van der Waals surface area (Å²) in [5, 5.41) is 9.00. The van der Waals surface area contributed by atoms with Crippen LogP contribution in [0, 0.1) is 0 Å². The number of rotatable bonds is 2. The zero-order valence-electron chi connectivity index (χ0n) is 9.12. The minimum atomic E-state index is -0.0656. The normalized spacial score (nSPS) is 19.5. The van der Waals surface area contributed by atoms with Crippen molar-refractivity contribution >= 4 is 45.7 Å². The number of aromatic nitrogens is 2. The van der Waals surface area contributed by atoms with Gasteiger partial charge in [0.2, 0.25) is 11.0 Å². The van der Waals surface area contributed by atoms with Gasteiger partial charge in [-0.3, -0.25) is 9.69 Å². The summed E-state index contributed by atoms with van der Waals surface area (Å²) < 4.78 is 0. The van der Waals surface area contributed by atoms with Crippen molar-refractivity contribution in [2.45, 2.75) is 5.37 Å². The minimum Gasteiger partial charge on any atom is -0.273 e. The molecular weight excluding hydrogens is 290 g/mol. The predicted octanol–water partition coefficient (Wildman–Crippen LogP) is 2.97. The molecule has 1 unspecified atom stereocenters. The van der Waals surface area contributed by atoms with Crippen LogP contribution in [-0.2, 0) is 4.79 Å². The monoisotopic (exact) mass is 297 g/mol. The topological polar surface area (TPSA) is 46.1 Å². The number of thioether (sulfide) groups is 1. The number of carbonyl (C=O) groups is 1. The molecule has 4 nitrogen and oxygen atoms in total. The van der Waals surface area contributed by atoms with Crippen LogP contribution < -0.4 is 4.90 Å². The lowest BCUT2D eigenvalue weighted by molar-refractivity contribution is -0.115. The van der Waals surface area contributed by atoms with Crippen LogP contribution in [0.25, 0.3) is 0 Å². The van der Waals surface area contributed by atoms with E-state index in [-0.39, 0.29) is 11.3 Å². The molecule has 2 heterocycles. The first kappa shape index (κ1) is 12.0. The van der Waals surface area contributed by atoms with Crippen molar-refractivity contribution in [2.24, 2.45) is 0 Å². The highest BCUT2D eigenvalue weighted by atomic mass is 35.5. The van der Waals surface area contributed by atoms with Gasteiger partial charge in [-0.05, 0) is 17.7 Å². The van der Waals surface area contributed by atoms with E-state index in [1.165, 1.54) is 11.3 Å². The summed E-state index contributed by atoms with van der Waals surface area (Å²) in [7, 11) is 0. The third-order valence-corrected chi connectivity index (χ3v) is 4.69. The van der Waals surface area contributed by atoms with E-state index in [4.69, 9.17) is 11.6 Å². The van der Waals surface area contributed by atoms with Gasteiger partial charge in [0.25, 0.3) is 0 Å². The molecule has 0 saturated carbocycles. The molecule has 1 atom stereocenters. The van der Waals surface area contributed by atoms with Gasteiger partial charge in [0.1, 0.15) is 10.9 Å². The number of hydrogen-bond acceptors (Lipinski definition) is 5. The molecule has 7 heteroatoms. The Morgan fingerprint density at radius 2 is 2.33 bits per heavy atom. The number of halogens is 1. The summed E-state index contributed by atoms with van der Waals surface area (Å²) in [5.74, 6) is 0.512. The maximum absolute atomic E-state index is 12.0. The van der Waals surface area contributed by atoms with Gasteiger partial charge < -0.3 is 0 Å². The van der Waals surface area contributed by atoms with Crippen molar-refractivity contribution in [3.05, 3.63) is 40.4 Å². The number of nitrogens with zero attached hydrogens (tertiary/aromatic N) is 3. The molecule has 1 aliphatic rings. The average molecular weight is 298 g/mol. The van der Waals surface area contributed by atoms with E-state index in [2.05, 4.69) is 10.2 Å². The van der Waals surface area contributed by atoms with Gasteiger partial charge >= 0.3 is 0 Å². The summed E-state index contributed by atoms with van der Waals surface area (Å²) in [5.41, 5.74) is 2.63. The second-order valence-corrected chi connectivity index (χ2v) is 6.02. The van der Waals surface area contributed by atoms with E-state index < -0.39 is 0 Å². The maximum atomic E-state index is 12.0. The Morgan fingerprint density at radius 1 is 1.44 bits per heavy atom. The standard InChI is InChI=1S/C11H8ClN3OS2/c12-8-3-1-2-7(4-8)10-15(9(16)5-17-10)11-14-13-6-18-11/h1-4,6,10H,5H2. The summed E-state index contributed by atoms with van der Waals surface area (Å²) in [6.07, 6.45) is 0. The highest BCUT2D eigenvalue weighted by Gasteiger charge is 2.35. The summed E-state index contributed by atoms with van der Waals surface area (Å²) in [6.45, 7) is 0. The molecule has 0 N–H and O–H groups in total. The lowest BCUT2D eigenvalue weighted by atomic mass is 10.2. The molecule has 0 spiro atoms. The second kappa shape index (κ2) is 4.87. The smallest absolute Gasteiger partial charge is 0.240 e. The van der Waals surface area contributed by atoms with Crippen molar-refractivity contribution in [3.63, 3.8) is 0 Å². The van der Waals surface area contributed by atoms with E-state index in [1.807, 2.05) is 24.3 Å². The van der Waals surface area contributed by atoms with Gasteiger partial charge in [0.15, 0.2) is 0 Å².